The Hall–Kier alpha value is -2.66. The van der Waals surface area contributed by atoms with Gasteiger partial charge in [-0.3, -0.25) is 9.59 Å². The Kier molecular flexibility index (Phi) is 7.65. The summed E-state index contributed by atoms with van der Waals surface area (Å²) in [5, 5.41) is 2.81. The van der Waals surface area contributed by atoms with Crippen LogP contribution in [0.25, 0.3) is 0 Å². The fourth-order valence-electron chi connectivity index (χ4n) is 3.91. The normalized spacial score (nSPS) is 17.4. The lowest BCUT2D eigenvalue weighted by atomic mass is 9.96. The van der Waals surface area contributed by atoms with Crippen LogP contribution in [0.1, 0.15) is 25.3 Å². The number of nitrogens with zero attached hydrogens (tertiary/aromatic N) is 1. The van der Waals surface area contributed by atoms with Crippen molar-refractivity contribution in [2.75, 3.05) is 44.8 Å². The fourth-order valence-corrected chi connectivity index (χ4v) is 5.65. The van der Waals surface area contributed by atoms with E-state index in [0.717, 1.165) is 18.4 Å². The average Bonchev–Trinajstić information content (AvgIpc) is 3.67. The van der Waals surface area contributed by atoms with Crippen LogP contribution in [0.2, 0.25) is 5.02 Å². The van der Waals surface area contributed by atoms with Crippen LogP contribution in [-0.2, 0) is 34.5 Å². The van der Waals surface area contributed by atoms with E-state index in [0.29, 0.717) is 25.5 Å². The molecule has 0 atom stereocenters. The van der Waals surface area contributed by atoms with Gasteiger partial charge in [0, 0.05) is 18.8 Å². The van der Waals surface area contributed by atoms with Crippen LogP contribution in [0.4, 0.5) is 5.69 Å². The molecule has 4 rings (SSSR count). The highest BCUT2D eigenvalue weighted by Crippen LogP contribution is 2.49. The van der Waals surface area contributed by atoms with Crippen LogP contribution in [0.5, 0.6) is 5.75 Å². The number of carbonyl (C=O) groups is 2. The molecular weight excluding hydrogens is 496 g/mol. The number of carbonyl (C=O) groups excluding carboxylic acids is 2. The molecule has 1 heterocycles. The molecule has 0 radical (unpaired) electrons. The number of sulfonamides is 1. The largest absolute Gasteiger partial charge is 0.482 e. The molecule has 0 bridgehead atoms. The van der Waals surface area contributed by atoms with E-state index < -0.39 is 21.3 Å². The summed E-state index contributed by atoms with van der Waals surface area (Å²) in [6, 6.07) is 11.2. The number of amides is 1. The van der Waals surface area contributed by atoms with Crippen LogP contribution < -0.4 is 10.1 Å². The Bertz CT molecular complexity index is 1190. The minimum atomic E-state index is -3.69. The molecule has 0 aromatic heterocycles. The van der Waals surface area contributed by atoms with Crippen molar-refractivity contribution in [3.8, 4) is 5.75 Å². The monoisotopic (exact) mass is 522 g/mol. The quantitative estimate of drug-likeness (QED) is 0.504. The highest BCUT2D eigenvalue weighted by molar-refractivity contribution is 7.89. The van der Waals surface area contributed by atoms with E-state index >= 15 is 0 Å². The van der Waals surface area contributed by atoms with Crippen LogP contribution >= 0.6 is 11.6 Å². The smallest absolute Gasteiger partial charge is 0.316 e. The van der Waals surface area contributed by atoms with E-state index in [1.54, 1.807) is 19.1 Å². The molecule has 0 spiro atoms. The number of halogens is 1. The number of hydrogen-bond donors (Lipinski definition) is 1. The first-order valence-electron chi connectivity index (χ1n) is 11.3. The Morgan fingerprint density at radius 3 is 2.40 bits per heavy atom. The van der Waals surface area contributed by atoms with Crippen molar-refractivity contribution in [3.05, 3.63) is 53.1 Å². The van der Waals surface area contributed by atoms with Crippen molar-refractivity contribution in [1.29, 1.82) is 0 Å². The third kappa shape index (κ3) is 5.61. The Morgan fingerprint density at radius 1 is 1.11 bits per heavy atom. The lowest BCUT2D eigenvalue weighted by molar-refractivity contribution is -0.146. The summed E-state index contributed by atoms with van der Waals surface area (Å²) in [5.41, 5.74) is 0.851. The molecule has 11 heteroatoms. The van der Waals surface area contributed by atoms with Gasteiger partial charge >= 0.3 is 5.97 Å². The summed E-state index contributed by atoms with van der Waals surface area (Å²) in [4.78, 5) is 24.6. The summed E-state index contributed by atoms with van der Waals surface area (Å²) in [5.74, 6) is -0.431. The van der Waals surface area contributed by atoms with E-state index in [-0.39, 0.29) is 41.3 Å². The lowest BCUT2D eigenvalue weighted by Crippen LogP contribution is -2.40. The van der Waals surface area contributed by atoms with Gasteiger partial charge in [-0.25, -0.2) is 8.42 Å². The van der Waals surface area contributed by atoms with Gasteiger partial charge in [-0.15, -0.1) is 0 Å². The van der Waals surface area contributed by atoms with Crippen molar-refractivity contribution in [3.63, 3.8) is 0 Å². The van der Waals surface area contributed by atoms with Crippen molar-refractivity contribution >= 4 is 39.2 Å². The molecule has 2 aliphatic rings. The highest BCUT2D eigenvalue weighted by Gasteiger charge is 2.52. The van der Waals surface area contributed by atoms with E-state index in [1.807, 2.05) is 12.1 Å². The zero-order valence-electron chi connectivity index (χ0n) is 19.3. The minimum Gasteiger partial charge on any atom is -0.482 e. The summed E-state index contributed by atoms with van der Waals surface area (Å²) >= 11 is 6.23. The standard InChI is InChI=1S/C24H27ClN2O7S/c1-2-33-23(29)24(9-10-24)17-3-5-18(6-4-17)26-22(28)16-34-21-8-7-19(15-20(21)25)35(30,31)27-11-13-32-14-12-27/h3-8,15H,2,9-14,16H2,1H3,(H,26,28). The number of esters is 1. The predicted octanol–water partition coefficient (Wildman–Crippen LogP) is 2.97. The predicted molar refractivity (Wildman–Crippen MR) is 129 cm³/mol. The molecule has 2 fully saturated rings. The average molecular weight is 523 g/mol. The van der Waals surface area contributed by atoms with Crippen LogP contribution in [-0.4, -0.2) is 64.1 Å². The second-order valence-electron chi connectivity index (χ2n) is 8.33. The van der Waals surface area contributed by atoms with Gasteiger partial charge in [0.25, 0.3) is 5.91 Å². The van der Waals surface area contributed by atoms with E-state index in [9.17, 15) is 18.0 Å². The molecule has 0 unspecified atom stereocenters. The molecular formula is C24H27ClN2O7S. The molecule has 188 valence electrons. The van der Waals surface area contributed by atoms with Gasteiger partial charge in [-0.05, 0) is 55.7 Å². The molecule has 2 aromatic rings. The first kappa shape index (κ1) is 25.4. The van der Waals surface area contributed by atoms with Crippen LogP contribution in [0, 0.1) is 0 Å². The summed E-state index contributed by atoms with van der Waals surface area (Å²) in [6.45, 7) is 3.06. The molecule has 35 heavy (non-hydrogen) atoms. The van der Waals surface area contributed by atoms with Crippen LogP contribution in [0.3, 0.4) is 0 Å². The van der Waals surface area contributed by atoms with Gasteiger partial charge < -0.3 is 19.5 Å². The lowest BCUT2D eigenvalue weighted by Gasteiger charge is -2.26. The minimum absolute atomic E-state index is 0.0533. The SMILES string of the molecule is CCOC(=O)C1(c2ccc(NC(=O)COc3ccc(S(=O)(=O)N4CCOCC4)cc3Cl)cc2)CC1. The first-order valence-corrected chi connectivity index (χ1v) is 13.2. The highest BCUT2D eigenvalue weighted by atomic mass is 35.5. The molecule has 1 aliphatic carbocycles. The molecule has 1 saturated carbocycles. The van der Waals surface area contributed by atoms with E-state index in [2.05, 4.69) is 5.32 Å². The molecule has 1 saturated heterocycles. The fraction of sp³-hybridized carbons (Fsp3) is 0.417. The molecule has 1 amide bonds. The summed E-state index contributed by atoms with van der Waals surface area (Å²) in [7, 11) is -3.69. The third-order valence-corrected chi connectivity index (χ3v) is 8.20. The number of hydrogen-bond acceptors (Lipinski definition) is 7. The Balaban J connectivity index is 1.33. The topological polar surface area (TPSA) is 111 Å². The second-order valence-corrected chi connectivity index (χ2v) is 10.7. The van der Waals surface area contributed by atoms with Gasteiger partial charge in [0.2, 0.25) is 10.0 Å². The van der Waals surface area contributed by atoms with Gasteiger partial charge in [0.05, 0.1) is 35.2 Å². The number of benzene rings is 2. The number of ether oxygens (including phenoxy) is 3. The van der Waals surface area contributed by atoms with Gasteiger partial charge in [-0.1, -0.05) is 23.7 Å². The zero-order valence-corrected chi connectivity index (χ0v) is 20.9. The maximum Gasteiger partial charge on any atom is 0.316 e. The Labute approximate surface area is 209 Å². The van der Waals surface area contributed by atoms with Crippen molar-refractivity contribution in [2.24, 2.45) is 0 Å². The summed E-state index contributed by atoms with van der Waals surface area (Å²) < 4.78 is 42.8. The second kappa shape index (κ2) is 10.5. The van der Waals surface area contributed by atoms with E-state index in [4.69, 9.17) is 25.8 Å². The maximum atomic E-state index is 12.8. The number of anilines is 1. The van der Waals surface area contributed by atoms with Gasteiger partial charge in [-0.2, -0.15) is 4.31 Å². The van der Waals surface area contributed by atoms with Crippen LogP contribution in [0.15, 0.2) is 47.4 Å². The first-order chi connectivity index (χ1) is 16.8. The Morgan fingerprint density at radius 2 is 1.80 bits per heavy atom. The third-order valence-electron chi connectivity index (χ3n) is 6.01. The van der Waals surface area contributed by atoms with Crippen molar-refractivity contribution < 1.29 is 32.2 Å². The molecule has 1 aliphatic heterocycles. The summed E-state index contributed by atoms with van der Waals surface area (Å²) in [6.07, 6.45) is 1.50. The van der Waals surface area contributed by atoms with Gasteiger partial charge in [0.15, 0.2) is 6.61 Å². The van der Waals surface area contributed by atoms with E-state index in [1.165, 1.54) is 22.5 Å². The molecule has 2 aromatic carbocycles. The van der Waals surface area contributed by atoms with Crippen molar-refractivity contribution in [2.45, 2.75) is 30.1 Å². The maximum absolute atomic E-state index is 12.8. The number of morpholine rings is 1. The number of nitrogens with one attached hydrogen (secondary N) is 1. The van der Waals surface area contributed by atoms with Gasteiger partial charge in [0.1, 0.15) is 5.75 Å². The zero-order chi connectivity index (χ0) is 25.1. The molecule has 1 N–H and O–H groups in total. The molecule has 9 nitrogen and oxygen atoms in total. The number of rotatable bonds is 9. The van der Waals surface area contributed by atoms with Crippen molar-refractivity contribution in [1.82, 2.24) is 4.31 Å².